The maximum Gasteiger partial charge on any atom is 0.333 e. The maximum absolute atomic E-state index is 11.2. The van der Waals surface area contributed by atoms with Crippen LogP contribution in [0.1, 0.15) is 33.6 Å². The van der Waals surface area contributed by atoms with Gasteiger partial charge in [0, 0.05) is 18.7 Å². The summed E-state index contributed by atoms with van der Waals surface area (Å²) in [6, 6.07) is 0. The Hall–Kier alpha value is -0.870. The Morgan fingerprint density at radius 3 is 2.88 bits per heavy atom. The van der Waals surface area contributed by atoms with Gasteiger partial charge < -0.3 is 9.47 Å². The van der Waals surface area contributed by atoms with E-state index >= 15 is 0 Å². The molecule has 0 spiro atoms. The smallest absolute Gasteiger partial charge is 0.333 e. The summed E-state index contributed by atoms with van der Waals surface area (Å²) >= 11 is 0. The SMILES string of the molecule is C=C(C)C(=O)OCCN1CCO[C@@]1(C)CCC. The number of rotatable bonds is 6. The third kappa shape index (κ3) is 3.82. The zero-order chi connectivity index (χ0) is 12.9. The molecule has 1 aliphatic heterocycles. The summed E-state index contributed by atoms with van der Waals surface area (Å²) in [5.41, 5.74) is 0.253. The Bertz CT molecular complexity index is 290. The van der Waals surface area contributed by atoms with Crippen LogP contribution in [-0.2, 0) is 14.3 Å². The van der Waals surface area contributed by atoms with Crippen LogP contribution in [0.2, 0.25) is 0 Å². The second-order valence-electron chi connectivity index (χ2n) is 4.68. The lowest BCUT2D eigenvalue weighted by molar-refractivity contribution is -0.141. The van der Waals surface area contributed by atoms with Gasteiger partial charge in [-0.25, -0.2) is 4.79 Å². The van der Waals surface area contributed by atoms with Crippen LogP contribution in [0.5, 0.6) is 0 Å². The van der Waals surface area contributed by atoms with Crippen molar-refractivity contribution in [3.8, 4) is 0 Å². The number of ether oxygens (including phenoxy) is 2. The summed E-state index contributed by atoms with van der Waals surface area (Å²) in [4.78, 5) is 13.5. The molecule has 0 aromatic heterocycles. The van der Waals surface area contributed by atoms with Gasteiger partial charge in [-0.1, -0.05) is 19.9 Å². The van der Waals surface area contributed by atoms with Crippen molar-refractivity contribution in [3.63, 3.8) is 0 Å². The van der Waals surface area contributed by atoms with Gasteiger partial charge >= 0.3 is 5.97 Å². The number of nitrogens with zero attached hydrogens (tertiary/aromatic N) is 1. The van der Waals surface area contributed by atoms with E-state index in [1.807, 2.05) is 0 Å². The first-order valence-corrected chi connectivity index (χ1v) is 6.21. The maximum atomic E-state index is 11.2. The monoisotopic (exact) mass is 241 g/mol. The molecule has 1 heterocycles. The second-order valence-corrected chi connectivity index (χ2v) is 4.68. The van der Waals surface area contributed by atoms with Gasteiger partial charge in [0.25, 0.3) is 0 Å². The van der Waals surface area contributed by atoms with Gasteiger partial charge in [0.2, 0.25) is 0 Å². The molecule has 1 saturated heterocycles. The van der Waals surface area contributed by atoms with Crippen LogP contribution in [0, 0.1) is 0 Å². The predicted octanol–water partition coefficient (Wildman–Crippen LogP) is 1.95. The minimum atomic E-state index is -0.317. The minimum absolute atomic E-state index is 0.190. The summed E-state index contributed by atoms with van der Waals surface area (Å²) in [6.07, 6.45) is 2.08. The first-order chi connectivity index (χ1) is 7.99. The van der Waals surface area contributed by atoms with Gasteiger partial charge in [-0.05, 0) is 20.3 Å². The van der Waals surface area contributed by atoms with E-state index in [2.05, 4.69) is 25.3 Å². The Balaban J connectivity index is 2.36. The van der Waals surface area contributed by atoms with Crippen molar-refractivity contribution in [2.45, 2.75) is 39.3 Å². The van der Waals surface area contributed by atoms with E-state index in [9.17, 15) is 4.79 Å². The first kappa shape index (κ1) is 14.2. The first-order valence-electron chi connectivity index (χ1n) is 6.21. The summed E-state index contributed by atoms with van der Waals surface area (Å²) < 4.78 is 10.9. The molecule has 98 valence electrons. The molecule has 4 heteroatoms. The number of esters is 1. The summed E-state index contributed by atoms with van der Waals surface area (Å²) in [6.45, 7) is 12.2. The zero-order valence-corrected chi connectivity index (χ0v) is 11.1. The topological polar surface area (TPSA) is 38.8 Å². The van der Waals surface area contributed by atoms with E-state index in [0.29, 0.717) is 12.2 Å². The van der Waals surface area contributed by atoms with Gasteiger partial charge in [-0.15, -0.1) is 0 Å². The molecule has 4 nitrogen and oxygen atoms in total. The summed E-state index contributed by atoms with van der Waals surface area (Å²) in [5, 5.41) is 0. The van der Waals surface area contributed by atoms with E-state index in [1.165, 1.54) is 0 Å². The summed E-state index contributed by atoms with van der Waals surface area (Å²) in [7, 11) is 0. The predicted molar refractivity (Wildman–Crippen MR) is 66.6 cm³/mol. The largest absolute Gasteiger partial charge is 0.461 e. The molecule has 1 atom stereocenters. The Kier molecular flexibility index (Phi) is 5.15. The molecular formula is C13H23NO3. The number of hydrogen-bond acceptors (Lipinski definition) is 4. The van der Waals surface area contributed by atoms with Crippen LogP contribution in [0.4, 0.5) is 0 Å². The van der Waals surface area contributed by atoms with Crippen molar-refractivity contribution in [1.82, 2.24) is 4.90 Å². The highest BCUT2D eigenvalue weighted by Gasteiger charge is 2.36. The fraction of sp³-hybridized carbons (Fsp3) is 0.769. The van der Waals surface area contributed by atoms with Crippen LogP contribution in [0.3, 0.4) is 0 Å². The van der Waals surface area contributed by atoms with Crippen LogP contribution in [-0.4, -0.2) is 42.9 Å². The van der Waals surface area contributed by atoms with E-state index < -0.39 is 0 Å². The lowest BCUT2D eigenvalue weighted by atomic mass is 10.1. The van der Waals surface area contributed by atoms with E-state index in [1.54, 1.807) is 6.92 Å². The van der Waals surface area contributed by atoms with E-state index in [-0.39, 0.29) is 11.7 Å². The standard InChI is InChI=1S/C13H23NO3/c1-5-6-13(4)14(8-10-17-13)7-9-16-12(15)11(2)3/h2,5-10H2,1,3-4H3/t13-/m0/s1. The molecule has 1 aliphatic rings. The van der Waals surface area contributed by atoms with Crippen LogP contribution in [0.15, 0.2) is 12.2 Å². The Morgan fingerprint density at radius 1 is 1.59 bits per heavy atom. The molecule has 0 N–H and O–H groups in total. The van der Waals surface area contributed by atoms with Crippen LogP contribution < -0.4 is 0 Å². The lowest BCUT2D eigenvalue weighted by Crippen LogP contribution is -2.43. The molecule has 0 amide bonds. The van der Waals surface area contributed by atoms with Crippen molar-refractivity contribution in [2.24, 2.45) is 0 Å². The molecule has 0 bridgehead atoms. The number of carbonyl (C=O) groups excluding carboxylic acids is 1. The molecule has 1 fully saturated rings. The summed E-state index contributed by atoms with van der Waals surface area (Å²) in [5.74, 6) is -0.317. The van der Waals surface area contributed by atoms with Crippen molar-refractivity contribution >= 4 is 5.97 Å². The average molecular weight is 241 g/mol. The number of carbonyl (C=O) groups is 1. The fourth-order valence-electron chi connectivity index (χ4n) is 2.12. The van der Waals surface area contributed by atoms with Gasteiger partial charge in [-0.2, -0.15) is 0 Å². The highest BCUT2D eigenvalue weighted by molar-refractivity contribution is 5.86. The molecule has 0 aromatic rings. The molecule has 17 heavy (non-hydrogen) atoms. The van der Waals surface area contributed by atoms with E-state index in [4.69, 9.17) is 9.47 Å². The third-order valence-corrected chi connectivity index (χ3v) is 3.10. The fourth-order valence-corrected chi connectivity index (χ4v) is 2.12. The zero-order valence-electron chi connectivity index (χ0n) is 11.1. The highest BCUT2D eigenvalue weighted by Crippen LogP contribution is 2.27. The second kappa shape index (κ2) is 6.17. The van der Waals surface area contributed by atoms with Crippen molar-refractivity contribution in [1.29, 1.82) is 0 Å². The Labute approximate surface area is 104 Å². The average Bonchev–Trinajstić information content (AvgIpc) is 2.60. The quantitative estimate of drug-likeness (QED) is 0.526. The van der Waals surface area contributed by atoms with Gasteiger partial charge in [0.1, 0.15) is 12.3 Å². The number of hydrogen-bond donors (Lipinski definition) is 0. The molecule has 0 radical (unpaired) electrons. The molecule has 0 aliphatic carbocycles. The van der Waals surface area contributed by atoms with Crippen LogP contribution >= 0.6 is 0 Å². The van der Waals surface area contributed by atoms with Crippen molar-refractivity contribution in [3.05, 3.63) is 12.2 Å². The van der Waals surface area contributed by atoms with Crippen molar-refractivity contribution < 1.29 is 14.3 Å². The third-order valence-electron chi connectivity index (χ3n) is 3.10. The normalized spacial score (nSPS) is 24.9. The van der Waals surface area contributed by atoms with E-state index in [0.717, 1.165) is 32.5 Å². The Morgan fingerprint density at radius 2 is 2.29 bits per heavy atom. The molecule has 0 saturated carbocycles. The molecule has 1 rings (SSSR count). The molecular weight excluding hydrogens is 218 g/mol. The molecule has 0 aromatic carbocycles. The van der Waals surface area contributed by atoms with Crippen LogP contribution in [0.25, 0.3) is 0 Å². The minimum Gasteiger partial charge on any atom is -0.461 e. The van der Waals surface area contributed by atoms with Crippen molar-refractivity contribution in [2.75, 3.05) is 26.3 Å². The van der Waals surface area contributed by atoms with Gasteiger partial charge in [0.15, 0.2) is 0 Å². The van der Waals surface area contributed by atoms with Gasteiger partial charge in [-0.3, -0.25) is 4.90 Å². The van der Waals surface area contributed by atoms with Gasteiger partial charge in [0.05, 0.1) is 6.61 Å². The lowest BCUT2D eigenvalue weighted by Gasteiger charge is -2.33. The molecule has 0 unspecified atom stereocenters. The highest BCUT2D eigenvalue weighted by atomic mass is 16.5.